The summed E-state index contributed by atoms with van der Waals surface area (Å²) in [6.45, 7) is 7.18. The molecule has 0 spiro atoms. The first-order valence-corrected chi connectivity index (χ1v) is 16.7. The summed E-state index contributed by atoms with van der Waals surface area (Å²) in [6.07, 6.45) is 5.68. The van der Waals surface area contributed by atoms with Gasteiger partial charge in [0.15, 0.2) is 0 Å². The number of piperidine rings is 1. The molecule has 0 bridgehead atoms. The fraction of sp³-hybridized carbons (Fsp3) is 0.297. The van der Waals surface area contributed by atoms with E-state index in [0.717, 1.165) is 84.6 Å². The van der Waals surface area contributed by atoms with Crippen molar-refractivity contribution in [2.75, 3.05) is 54.4 Å². The minimum Gasteiger partial charge on any atom is -0.374 e. The molecule has 2 aliphatic heterocycles. The standard InChI is InChI=1S/C37H38Cl2N6/c38-30-7-4-6-29(24-30)37(41-33-16-17-40-34-25-31(39)14-15-32(33)34)28-12-10-27(11-13-28)26-43-20-22-45(23-21-43)36-9-5-8-35(42-36)44-18-2-1-3-19-44/h4-17,24-25,37H,1-3,18-23,26H2,(H,40,41). The number of fused-ring (bicyclic) bond motifs is 1. The average molecular weight is 638 g/mol. The van der Waals surface area contributed by atoms with Gasteiger partial charge in [0.1, 0.15) is 11.6 Å². The number of hydrogen-bond acceptors (Lipinski definition) is 6. The van der Waals surface area contributed by atoms with Crippen LogP contribution >= 0.6 is 23.2 Å². The van der Waals surface area contributed by atoms with Crippen LogP contribution in [0.1, 0.15) is 42.0 Å². The molecule has 45 heavy (non-hydrogen) atoms. The van der Waals surface area contributed by atoms with Crippen LogP contribution in [0.15, 0.2) is 97.2 Å². The van der Waals surface area contributed by atoms with Crippen molar-refractivity contribution in [1.29, 1.82) is 0 Å². The van der Waals surface area contributed by atoms with Crippen LogP contribution in [-0.2, 0) is 6.54 Å². The van der Waals surface area contributed by atoms with Crippen molar-refractivity contribution in [1.82, 2.24) is 14.9 Å². The Bertz CT molecular complexity index is 1750. The van der Waals surface area contributed by atoms with E-state index in [1.165, 1.54) is 30.4 Å². The maximum Gasteiger partial charge on any atom is 0.131 e. The molecule has 2 saturated heterocycles. The molecular formula is C37H38Cl2N6. The van der Waals surface area contributed by atoms with E-state index < -0.39 is 0 Å². The second-order valence-electron chi connectivity index (χ2n) is 12.1. The lowest BCUT2D eigenvalue weighted by molar-refractivity contribution is 0.249. The van der Waals surface area contributed by atoms with Gasteiger partial charge in [-0.05, 0) is 84.5 Å². The molecule has 3 aromatic carbocycles. The van der Waals surface area contributed by atoms with Gasteiger partial charge in [0.25, 0.3) is 0 Å². The third kappa shape index (κ3) is 7.04. The zero-order valence-corrected chi connectivity index (χ0v) is 26.9. The Balaban J connectivity index is 1.03. The van der Waals surface area contributed by atoms with Gasteiger partial charge in [-0.3, -0.25) is 9.88 Å². The Morgan fingerprint density at radius 1 is 0.667 bits per heavy atom. The summed E-state index contributed by atoms with van der Waals surface area (Å²) in [5.74, 6) is 2.23. The summed E-state index contributed by atoms with van der Waals surface area (Å²) in [7, 11) is 0. The molecule has 1 atom stereocenters. The Labute approximate surface area is 275 Å². The zero-order chi connectivity index (χ0) is 30.6. The van der Waals surface area contributed by atoms with Gasteiger partial charge in [0, 0.05) is 73.1 Å². The summed E-state index contributed by atoms with van der Waals surface area (Å²) in [4.78, 5) is 17.0. The van der Waals surface area contributed by atoms with E-state index in [1.54, 1.807) is 0 Å². The molecule has 0 saturated carbocycles. The van der Waals surface area contributed by atoms with Crippen molar-refractivity contribution < 1.29 is 0 Å². The second kappa shape index (κ2) is 13.7. The number of nitrogens with one attached hydrogen (secondary N) is 1. The number of anilines is 3. The van der Waals surface area contributed by atoms with Gasteiger partial charge in [0.05, 0.1) is 11.6 Å². The van der Waals surface area contributed by atoms with Crippen molar-refractivity contribution >= 4 is 51.4 Å². The number of pyridine rings is 2. The van der Waals surface area contributed by atoms with Crippen LogP contribution in [0.25, 0.3) is 10.9 Å². The lowest BCUT2D eigenvalue weighted by Gasteiger charge is -2.36. The minimum absolute atomic E-state index is 0.0872. The number of aromatic nitrogens is 2. The molecule has 7 rings (SSSR count). The Hall–Kier alpha value is -3.84. The third-order valence-electron chi connectivity index (χ3n) is 9.00. The topological polar surface area (TPSA) is 47.5 Å². The lowest BCUT2D eigenvalue weighted by Crippen LogP contribution is -2.46. The van der Waals surface area contributed by atoms with Gasteiger partial charge in [-0.2, -0.15) is 0 Å². The largest absolute Gasteiger partial charge is 0.374 e. The molecule has 1 N–H and O–H groups in total. The fourth-order valence-electron chi connectivity index (χ4n) is 6.54. The van der Waals surface area contributed by atoms with Crippen molar-refractivity contribution in [2.45, 2.75) is 31.8 Å². The molecule has 6 nitrogen and oxygen atoms in total. The summed E-state index contributed by atoms with van der Waals surface area (Å²) in [5.41, 5.74) is 5.44. The predicted molar refractivity (Wildman–Crippen MR) is 188 cm³/mol. The van der Waals surface area contributed by atoms with Gasteiger partial charge in [-0.1, -0.05) is 65.7 Å². The highest BCUT2D eigenvalue weighted by Gasteiger charge is 2.21. The first-order valence-electron chi connectivity index (χ1n) is 15.9. The van der Waals surface area contributed by atoms with Crippen LogP contribution in [0.4, 0.5) is 17.3 Å². The van der Waals surface area contributed by atoms with Gasteiger partial charge in [0.2, 0.25) is 0 Å². The summed E-state index contributed by atoms with van der Waals surface area (Å²) >= 11 is 12.7. The number of piperazine rings is 1. The van der Waals surface area contributed by atoms with Gasteiger partial charge in [-0.25, -0.2) is 4.98 Å². The summed E-state index contributed by atoms with van der Waals surface area (Å²) in [5, 5.41) is 6.20. The Morgan fingerprint density at radius 3 is 2.13 bits per heavy atom. The van der Waals surface area contributed by atoms with Crippen LogP contribution in [0.3, 0.4) is 0 Å². The van der Waals surface area contributed by atoms with Crippen LogP contribution in [0.5, 0.6) is 0 Å². The van der Waals surface area contributed by atoms with Crippen LogP contribution in [-0.4, -0.2) is 54.1 Å². The molecule has 2 fully saturated rings. The molecule has 8 heteroatoms. The van der Waals surface area contributed by atoms with E-state index in [4.69, 9.17) is 28.2 Å². The molecule has 0 aliphatic carbocycles. The Kier molecular flexibility index (Phi) is 9.06. The number of halogens is 2. The molecule has 5 aromatic rings. The molecule has 1 unspecified atom stereocenters. The molecule has 0 amide bonds. The lowest BCUT2D eigenvalue weighted by atomic mass is 9.97. The smallest absolute Gasteiger partial charge is 0.131 e. The van der Waals surface area contributed by atoms with Crippen molar-refractivity contribution in [3.8, 4) is 0 Å². The number of benzene rings is 3. The van der Waals surface area contributed by atoms with Gasteiger partial charge < -0.3 is 15.1 Å². The normalized spacial score (nSPS) is 16.6. The first kappa shape index (κ1) is 29.8. The van der Waals surface area contributed by atoms with E-state index in [9.17, 15) is 0 Å². The van der Waals surface area contributed by atoms with Crippen molar-refractivity contribution in [3.63, 3.8) is 0 Å². The van der Waals surface area contributed by atoms with E-state index in [2.05, 4.69) is 73.5 Å². The number of rotatable bonds is 8. The van der Waals surface area contributed by atoms with E-state index in [-0.39, 0.29) is 6.04 Å². The van der Waals surface area contributed by atoms with E-state index in [1.807, 2.05) is 48.7 Å². The SMILES string of the molecule is Clc1cccc(C(Nc2ccnc3cc(Cl)ccc23)c2ccc(CN3CCN(c4cccc(N5CCCCC5)n4)CC3)cc2)c1. The molecule has 2 aromatic heterocycles. The molecule has 0 radical (unpaired) electrons. The third-order valence-corrected chi connectivity index (χ3v) is 9.47. The maximum atomic E-state index is 6.45. The number of hydrogen-bond donors (Lipinski definition) is 1. The van der Waals surface area contributed by atoms with Crippen molar-refractivity contribution in [3.05, 3.63) is 124 Å². The quantitative estimate of drug-likeness (QED) is 0.184. The summed E-state index contributed by atoms with van der Waals surface area (Å²) < 4.78 is 0. The highest BCUT2D eigenvalue weighted by molar-refractivity contribution is 6.31. The summed E-state index contributed by atoms with van der Waals surface area (Å²) in [6, 6.07) is 31.3. The number of nitrogens with zero attached hydrogens (tertiary/aromatic N) is 5. The Morgan fingerprint density at radius 2 is 1.38 bits per heavy atom. The molecule has 4 heterocycles. The van der Waals surface area contributed by atoms with E-state index >= 15 is 0 Å². The monoisotopic (exact) mass is 636 g/mol. The van der Waals surface area contributed by atoms with Gasteiger partial charge in [-0.15, -0.1) is 0 Å². The second-order valence-corrected chi connectivity index (χ2v) is 12.9. The minimum atomic E-state index is -0.0872. The molecule has 2 aliphatic rings. The van der Waals surface area contributed by atoms with Crippen LogP contribution < -0.4 is 15.1 Å². The van der Waals surface area contributed by atoms with E-state index in [0.29, 0.717) is 5.02 Å². The van der Waals surface area contributed by atoms with Crippen molar-refractivity contribution in [2.24, 2.45) is 0 Å². The average Bonchev–Trinajstić information content (AvgIpc) is 3.08. The first-order chi connectivity index (χ1) is 22.1. The zero-order valence-electron chi connectivity index (χ0n) is 25.4. The highest BCUT2D eigenvalue weighted by atomic mass is 35.5. The fourth-order valence-corrected chi connectivity index (χ4v) is 6.91. The maximum absolute atomic E-state index is 6.45. The van der Waals surface area contributed by atoms with Crippen LogP contribution in [0, 0.1) is 0 Å². The van der Waals surface area contributed by atoms with Crippen LogP contribution in [0.2, 0.25) is 10.0 Å². The predicted octanol–water partition coefficient (Wildman–Crippen LogP) is 8.45. The highest BCUT2D eigenvalue weighted by Crippen LogP contribution is 2.32. The molecular weight excluding hydrogens is 599 g/mol. The molecule has 230 valence electrons. The van der Waals surface area contributed by atoms with Gasteiger partial charge >= 0.3 is 0 Å².